The Kier molecular flexibility index (Phi) is 2.81. The highest BCUT2D eigenvalue weighted by molar-refractivity contribution is 5.42. The van der Waals surface area contributed by atoms with E-state index >= 15 is 0 Å². The molecule has 14 heavy (non-hydrogen) atoms. The van der Waals surface area contributed by atoms with Crippen LogP contribution in [-0.4, -0.2) is 16.7 Å². The lowest BCUT2D eigenvalue weighted by molar-refractivity contribution is 0.930. The summed E-state index contributed by atoms with van der Waals surface area (Å²) in [7, 11) is 0. The second-order valence-electron chi connectivity index (χ2n) is 3.12. The molecule has 0 amide bonds. The maximum atomic E-state index is 3.90. The highest BCUT2D eigenvalue weighted by Gasteiger charge is 1.93. The first-order chi connectivity index (χ1) is 6.95. The van der Waals surface area contributed by atoms with E-state index in [2.05, 4.69) is 27.6 Å². The molecule has 0 aliphatic heterocycles. The van der Waals surface area contributed by atoms with Crippen LogP contribution in [0.5, 0.6) is 0 Å². The molecule has 0 spiro atoms. The summed E-state index contributed by atoms with van der Waals surface area (Å²) in [5.41, 5.74) is 2.32. The van der Waals surface area contributed by atoms with Gasteiger partial charge in [-0.3, -0.25) is 5.10 Å². The molecule has 1 aromatic heterocycles. The van der Waals surface area contributed by atoms with E-state index in [0.717, 1.165) is 24.3 Å². The predicted molar refractivity (Wildman–Crippen MR) is 57.2 cm³/mol. The number of para-hydroxylation sites is 1. The van der Waals surface area contributed by atoms with Crippen LogP contribution in [0.25, 0.3) is 0 Å². The van der Waals surface area contributed by atoms with E-state index in [-0.39, 0.29) is 0 Å². The van der Waals surface area contributed by atoms with Crippen molar-refractivity contribution >= 4 is 5.69 Å². The van der Waals surface area contributed by atoms with E-state index in [1.807, 2.05) is 24.3 Å². The number of anilines is 1. The minimum atomic E-state index is 0.923. The summed E-state index contributed by atoms with van der Waals surface area (Å²) in [6.07, 6.45) is 2.74. The maximum Gasteiger partial charge on any atom is 0.0490 e. The van der Waals surface area contributed by atoms with Crippen LogP contribution in [0.3, 0.4) is 0 Å². The Labute approximate surface area is 83.2 Å². The largest absolute Gasteiger partial charge is 0.385 e. The molecule has 3 nitrogen and oxygen atoms in total. The van der Waals surface area contributed by atoms with E-state index in [9.17, 15) is 0 Å². The number of hydrogen-bond acceptors (Lipinski definition) is 2. The van der Waals surface area contributed by atoms with E-state index in [0.29, 0.717) is 0 Å². The van der Waals surface area contributed by atoms with Crippen LogP contribution in [0.1, 0.15) is 5.69 Å². The highest BCUT2D eigenvalue weighted by Crippen LogP contribution is 2.04. The van der Waals surface area contributed by atoms with Gasteiger partial charge in [-0.05, 0) is 18.2 Å². The zero-order valence-electron chi connectivity index (χ0n) is 7.90. The number of nitrogens with one attached hydrogen (secondary N) is 2. The molecule has 0 radical (unpaired) electrons. The number of rotatable bonds is 4. The normalized spacial score (nSPS) is 10.0. The molecular weight excluding hydrogens is 174 g/mol. The van der Waals surface area contributed by atoms with Gasteiger partial charge in [-0.25, -0.2) is 0 Å². The molecule has 0 bridgehead atoms. The average molecular weight is 187 g/mol. The van der Waals surface area contributed by atoms with Gasteiger partial charge in [0.05, 0.1) is 0 Å². The van der Waals surface area contributed by atoms with Crippen LogP contribution in [-0.2, 0) is 6.42 Å². The average Bonchev–Trinajstić information content (AvgIpc) is 2.72. The number of nitrogens with zero attached hydrogens (tertiary/aromatic N) is 1. The van der Waals surface area contributed by atoms with Gasteiger partial charge in [0, 0.05) is 30.5 Å². The van der Waals surface area contributed by atoms with Crippen molar-refractivity contribution in [2.75, 3.05) is 11.9 Å². The quantitative estimate of drug-likeness (QED) is 0.769. The van der Waals surface area contributed by atoms with Gasteiger partial charge in [-0.15, -0.1) is 0 Å². The Hall–Kier alpha value is -1.77. The Morgan fingerprint density at radius 3 is 2.71 bits per heavy atom. The molecular formula is C11H13N3. The standard InChI is InChI=1S/C11H13N3/c1-2-4-10(5-3-1)12-8-6-11-7-9-13-14-11/h1-5,7,9,12H,6,8H2,(H,13,14). The van der Waals surface area contributed by atoms with Gasteiger partial charge in [0.15, 0.2) is 0 Å². The van der Waals surface area contributed by atoms with Gasteiger partial charge in [-0.2, -0.15) is 5.10 Å². The van der Waals surface area contributed by atoms with Crippen molar-refractivity contribution in [3.05, 3.63) is 48.3 Å². The summed E-state index contributed by atoms with van der Waals surface area (Å²) in [6, 6.07) is 12.2. The summed E-state index contributed by atoms with van der Waals surface area (Å²) < 4.78 is 0. The van der Waals surface area contributed by atoms with Crippen LogP contribution >= 0.6 is 0 Å². The third-order valence-corrected chi connectivity index (χ3v) is 2.06. The first-order valence-corrected chi connectivity index (χ1v) is 4.72. The zero-order valence-corrected chi connectivity index (χ0v) is 7.90. The second-order valence-corrected chi connectivity index (χ2v) is 3.12. The molecule has 3 heteroatoms. The van der Waals surface area contributed by atoms with Crippen molar-refractivity contribution in [3.8, 4) is 0 Å². The molecule has 2 aromatic rings. The number of hydrogen-bond donors (Lipinski definition) is 2. The van der Waals surface area contributed by atoms with Gasteiger partial charge < -0.3 is 5.32 Å². The Morgan fingerprint density at radius 2 is 2.00 bits per heavy atom. The summed E-state index contributed by atoms with van der Waals surface area (Å²) in [5.74, 6) is 0. The molecule has 1 aromatic carbocycles. The molecule has 2 rings (SSSR count). The SMILES string of the molecule is c1ccc(NCCc2ccn[nH]2)cc1. The van der Waals surface area contributed by atoms with Crippen LogP contribution in [0, 0.1) is 0 Å². The van der Waals surface area contributed by atoms with Crippen molar-refractivity contribution in [2.45, 2.75) is 6.42 Å². The first-order valence-electron chi connectivity index (χ1n) is 4.72. The van der Waals surface area contributed by atoms with Crippen molar-refractivity contribution in [1.29, 1.82) is 0 Å². The summed E-state index contributed by atoms with van der Waals surface area (Å²) in [6.45, 7) is 0.923. The Bertz CT molecular complexity index is 353. The number of aromatic nitrogens is 2. The topological polar surface area (TPSA) is 40.7 Å². The van der Waals surface area contributed by atoms with Crippen molar-refractivity contribution < 1.29 is 0 Å². The smallest absolute Gasteiger partial charge is 0.0490 e. The van der Waals surface area contributed by atoms with E-state index < -0.39 is 0 Å². The minimum absolute atomic E-state index is 0.923. The Balaban J connectivity index is 1.79. The number of benzene rings is 1. The molecule has 2 N–H and O–H groups in total. The molecule has 0 atom stereocenters. The maximum absolute atomic E-state index is 3.90. The fraction of sp³-hybridized carbons (Fsp3) is 0.182. The molecule has 1 heterocycles. The highest BCUT2D eigenvalue weighted by atomic mass is 15.1. The van der Waals surface area contributed by atoms with Gasteiger partial charge in [0.2, 0.25) is 0 Å². The predicted octanol–water partition coefficient (Wildman–Crippen LogP) is 2.06. The van der Waals surface area contributed by atoms with Crippen LogP contribution in [0.2, 0.25) is 0 Å². The third kappa shape index (κ3) is 2.36. The number of aromatic amines is 1. The van der Waals surface area contributed by atoms with Crippen molar-refractivity contribution in [3.63, 3.8) is 0 Å². The van der Waals surface area contributed by atoms with Crippen molar-refractivity contribution in [1.82, 2.24) is 10.2 Å². The second kappa shape index (κ2) is 4.46. The molecule has 0 saturated heterocycles. The van der Waals surface area contributed by atoms with Crippen molar-refractivity contribution in [2.24, 2.45) is 0 Å². The minimum Gasteiger partial charge on any atom is -0.385 e. The summed E-state index contributed by atoms with van der Waals surface area (Å²) >= 11 is 0. The molecule has 0 saturated carbocycles. The zero-order chi connectivity index (χ0) is 9.64. The van der Waals surface area contributed by atoms with Crippen LogP contribution in [0.4, 0.5) is 5.69 Å². The lowest BCUT2D eigenvalue weighted by atomic mass is 10.3. The molecule has 0 unspecified atom stereocenters. The summed E-state index contributed by atoms with van der Waals surface area (Å²) in [5, 5.41) is 10.2. The van der Waals surface area contributed by atoms with Gasteiger partial charge in [0.25, 0.3) is 0 Å². The van der Waals surface area contributed by atoms with Gasteiger partial charge >= 0.3 is 0 Å². The lowest BCUT2D eigenvalue weighted by Crippen LogP contribution is -2.04. The monoisotopic (exact) mass is 187 g/mol. The van der Waals surface area contributed by atoms with Crippen LogP contribution in [0.15, 0.2) is 42.6 Å². The number of H-pyrrole nitrogens is 1. The summed E-state index contributed by atoms with van der Waals surface area (Å²) in [4.78, 5) is 0. The van der Waals surface area contributed by atoms with E-state index in [1.54, 1.807) is 6.20 Å². The first kappa shape index (κ1) is 8.81. The lowest BCUT2D eigenvalue weighted by Gasteiger charge is -2.04. The van der Waals surface area contributed by atoms with Gasteiger partial charge in [-0.1, -0.05) is 18.2 Å². The fourth-order valence-corrected chi connectivity index (χ4v) is 1.32. The van der Waals surface area contributed by atoms with E-state index in [1.165, 1.54) is 0 Å². The van der Waals surface area contributed by atoms with Gasteiger partial charge in [0.1, 0.15) is 0 Å². The van der Waals surface area contributed by atoms with E-state index in [4.69, 9.17) is 0 Å². The third-order valence-electron chi connectivity index (χ3n) is 2.06. The van der Waals surface area contributed by atoms with Crippen LogP contribution < -0.4 is 5.32 Å². The fourth-order valence-electron chi connectivity index (χ4n) is 1.32. The molecule has 0 aliphatic carbocycles. The Morgan fingerprint density at radius 1 is 1.14 bits per heavy atom. The molecule has 0 fully saturated rings. The molecule has 72 valence electrons. The molecule has 0 aliphatic rings.